The van der Waals surface area contributed by atoms with Gasteiger partial charge in [-0.25, -0.2) is 4.68 Å². The van der Waals surface area contributed by atoms with E-state index in [9.17, 15) is 4.79 Å². The molecule has 0 bridgehead atoms. The van der Waals surface area contributed by atoms with Crippen LogP contribution < -0.4 is 10.1 Å². The van der Waals surface area contributed by atoms with E-state index in [0.29, 0.717) is 28.1 Å². The molecular formula is C21H20ClN3O2. The van der Waals surface area contributed by atoms with Crippen LogP contribution in [-0.4, -0.2) is 22.8 Å². The summed E-state index contributed by atoms with van der Waals surface area (Å²) in [6.07, 6.45) is 2.24. The highest BCUT2D eigenvalue weighted by atomic mass is 35.5. The fraction of sp³-hybridized carbons (Fsp3) is 0.238. The number of ether oxygens (including phenoxy) is 1. The van der Waals surface area contributed by atoms with Crippen LogP contribution in [0.5, 0.6) is 5.75 Å². The third-order valence-electron chi connectivity index (χ3n) is 4.69. The Bertz CT molecular complexity index is 994. The molecule has 2 aromatic carbocycles. The van der Waals surface area contributed by atoms with Crippen LogP contribution in [0.2, 0.25) is 5.02 Å². The standard InChI is InChI=1S/C21H20ClN3O2/c1-13-10-18(20(27-2)11-16(13)22)23-21(26)19-12-17(14-8-9-14)24-25(19)15-6-4-3-5-7-15/h3-7,10-12,14H,8-9H2,1-2H3,(H,23,26). The maximum absolute atomic E-state index is 13.1. The average Bonchev–Trinajstić information content (AvgIpc) is 3.43. The highest BCUT2D eigenvalue weighted by Gasteiger charge is 2.29. The van der Waals surface area contributed by atoms with E-state index in [-0.39, 0.29) is 5.91 Å². The Morgan fingerprint density at radius 3 is 2.63 bits per heavy atom. The molecule has 1 aliphatic carbocycles. The molecule has 1 fully saturated rings. The van der Waals surface area contributed by atoms with Crippen LogP contribution in [0.15, 0.2) is 48.5 Å². The van der Waals surface area contributed by atoms with Gasteiger partial charge in [0.2, 0.25) is 0 Å². The molecule has 3 aromatic rings. The van der Waals surface area contributed by atoms with Gasteiger partial charge in [-0.15, -0.1) is 0 Å². The summed E-state index contributed by atoms with van der Waals surface area (Å²) in [6, 6.07) is 15.1. The summed E-state index contributed by atoms with van der Waals surface area (Å²) < 4.78 is 7.07. The summed E-state index contributed by atoms with van der Waals surface area (Å²) in [5.41, 5.74) is 3.76. The molecule has 1 aromatic heterocycles. The zero-order chi connectivity index (χ0) is 19.0. The number of amides is 1. The molecule has 0 unspecified atom stereocenters. The number of methoxy groups -OCH3 is 1. The van der Waals surface area contributed by atoms with Crippen LogP contribution in [0.3, 0.4) is 0 Å². The van der Waals surface area contributed by atoms with Crippen molar-refractivity contribution in [3.05, 3.63) is 70.5 Å². The van der Waals surface area contributed by atoms with E-state index in [2.05, 4.69) is 10.4 Å². The van der Waals surface area contributed by atoms with Crippen LogP contribution in [0, 0.1) is 6.92 Å². The predicted molar refractivity (Wildman–Crippen MR) is 106 cm³/mol. The molecule has 6 heteroatoms. The first kappa shape index (κ1) is 17.6. The first-order chi connectivity index (χ1) is 13.1. The molecule has 1 aliphatic rings. The third-order valence-corrected chi connectivity index (χ3v) is 5.09. The van der Waals surface area contributed by atoms with Gasteiger partial charge in [0.15, 0.2) is 0 Å². The van der Waals surface area contributed by atoms with Crippen LogP contribution in [0.25, 0.3) is 5.69 Å². The topological polar surface area (TPSA) is 56.1 Å². The Balaban J connectivity index is 1.71. The Morgan fingerprint density at radius 1 is 1.22 bits per heavy atom. The first-order valence-corrected chi connectivity index (χ1v) is 9.25. The average molecular weight is 382 g/mol. The number of halogens is 1. The summed E-state index contributed by atoms with van der Waals surface area (Å²) in [7, 11) is 1.55. The van der Waals surface area contributed by atoms with E-state index in [1.807, 2.05) is 49.4 Å². The molecule has 0 atom stereocenters. The highest BCUT2D eigenvalue weighted by Crippen LogP contribution is 2.40. The van der Waals surface area contributed by atoms with E-state index in [1.54, 1.807) is 17.9 Å². The molecular weight excluding hydrogens is 362 g/mol. The van der Waals surface area contributed by atoms with Crippen molar-refractivity contribution < 1.29 is 9.53 Å². The lowest BCUT2D eigenvalue weighted by molar-refractivity contribution is 0.101. The molecule has 1 amide bonds. The van der Waals surface area contributed by atoms with Gasteiger partial charge in [-0.1, -0.05) is 29.8 Å². The first-order valence-electron chi connectivity index (χ1n) is 8.87. The number of hydrogen-bond donors (Lipinski definition) is 1. The second-order valence-electron chi connectivity index (χ2n) is 6.73. The molecule has 1 saturated carbocycles. The van der Waals surface area contributed by atoms with Gasteiger partial charge < -0.3 is 10.1 Å². The number of carbonyl (C=O) groups is 1. The maximum Gasteiger partial charge on any atom is 0.274 e. The number of anilines is 1. The van der Waals surface area contributed by atoms with Crippen molar-refractivity contribution >= 4 is 23.2 Å². The van der Waals surface area contributed by atoms with Crippen molar-refractivity contribution in [2.75, 3.05) is 12.4 Å². The summed E-state index contributed by atoms with van der Waals surface area (Å²) in [6.45, 7) is 1.89. The second-order valence-corrected chi connectivity index (χ2v) is 7.14. The van der Waals surface area contributed by atoms with Crippen LogP contribution in [0.4, 0.5) is 5.69 Å². The minimum absolute atomic E-state index is 0.238. The largest absolute Gasteiger partial charge is 0.495 e. The van der Waals surface area contributed by atoms with E-state index < -0.39 is 0 Å². The Labute approximate surface area is 162 Å². The summed E-state index contributed by atoms with van der Waals surface area (Å²) in [4.78, 5) is 13.1. The minimum atomic E-state index is -0.238. The third kappa shape index (κ3) is 3.55. The lowest BCUT2D eigenvalue weighted by atomic mass is 10.2. The molecule has 5 nitrogen and oxygen atoms in total. The summed E-state index contributed by atoms with van der Waals surface area (Å²) in [5, 5.41) is 8.22. The highest BCUT2D eigenvalue weighted by molar-refractivity contribution is 6.31. The summed E-state index contributed by atoms with van der Waals surface area (Å²) in [5.74, 6) is 0.735. The maximum atomic E-state index is 13.1. The second kappa shape index (κ2) is 7.08. The number of rotatable bonds is 5. The molecule has 138 valence electrons. The number of aryl methyl sites for hydroxylation is 1. The summed E-state index contributed by atoms with van der Waals surface area (Å²) >= 11 is 6.16. The van der Waals surface area contributed by atoms with E-state index in [1.165, 1.54) is 0 Å². The predicted octanol–water partition coefficient (Wildman–Crippen LogP) is 4.97. The number of benzene rings is 2. The number of hydrogen-bond acceptors (Lipinski definition) is 3. The van der Waals surface area contributed by atoms with Gasteiger partial charge in [0.05, 0.1) is 24.2 Å². The molecule has 0 radical (unpaired) electrons. The van der Waals surface area contributed by atoms with E-state index in [4.69, 9.17) is 16.3 Å². The SMILES string of the molecule is COc1cc(Cl)c(C)cc1NC(=O)c1cc(C2CC2)nn1-c1ccccc1. The van der Waals surface area contributed by atoms with Crippen molar-refractivity contribution in [3.63, 3.8) is 0 Å². The molecule has 0 saturated heterocycles. The number of nitrogens with one attached hydrogen (secondary N) is 1. The Hall–Kier alpha value is -2.79. The Morgan fingerprint density at radius 2 is 1.96 bits per heavy atom. The van der Waals surface area contributed by atoms with Crippen LogP contribution in [-0.2, 0) is 0 Å². The van der Waals surface area contributed by atoms with Crippen molar-refractivity contribution in [3.8, 4) is 11.4 Å². The van der Waals surface area contributed by atoms with Gasteiger partial charge in [-0.05, 0) is 49.6 Å². The van der Waals surface area contributed by atoms with Crippen molar-refractivity contribution in [2.45, 2.75) is 25.7 Å². The number of aromatic nitrogens is 2. The van der Waals surface area contributed by atoms with Crippen molar-refractivity contribution in [1.29, 1.82) is 0 Å². The van der Waals surface area contributed by atoms with Gasteiger partial charge in [-0.3, -0.25) is 4.79 Å². The number of para-hydroxylation sites is 1. The van der Waals surface area contributed by atoms with E-state index >= 15 is 0 Å². The molecule has 1 N–H and O–H groups in total. The lowest BCUT2D eigenvalue weighted by Gasteiger charge is -2.13. The van der Waals surface area contributed by atoms with Gasteiger partial charge in [0.1, 0.15) is 11.4 Å². The molecule has 0 spiro atoms. The number of carbonyl (C=O) groups excluding carboxylic acids is 1. The molecule has 4 rings (SSSR count). The Kier molecular flexibility index (Phi) is 4.62. The molecule has 1 heterocycles. The van der Waals surface area contributed by atoms with Crippen molar-refractivity contribution in [2.24, 2.45) is 0 Å². The van der Waals surface area contributed by atoms with E-state index in [0.717, 1.165) is 29.8 Å². The monoisotopic (exact) mass is 381 g/mol. The quantitative estimate of drug-likeness (QED) is 0.678. The minimum Gasteiger partial charge on any atom is -0.495 e. The fourth-order valence-corrected chi connectivity index (χ4v) is 3.18. The zero-order valence-corrected chi connectivity index (χ0v) is 16.0. The van der Waals surface area contributed by atoms with Crippen LogP contribution in [0.1, 0.15) is 40.5 Å². The normalized spacial score (nSPS) is 13.4. The lowest BCUT2D eigenvalue weighted by Crippen LogP contribution is -2.17. The smallest absolute Gasteiger partial charge is 0.274 e. The van der Waals surface area contributed by atoms with Gasteiger partial charge in [0, 0.05) is 17.0 Å². The molecule has 0 aliphatic heterocycles. The van der Waals surface area contributed by atoms with Gasteiger partial charge in [-0.2, -0.15) is 5.10 Å². The van der Waals surface area contributed by atoms with Crippen LogP contribution >= 0.6 is 11.6 Å². The van der Waals surface area contributed by atoms with Crippen molar-refractivity contribution in [1.82, 2.24) is 9.78 Å². The molecule has 27 heavy (non-hydrogen) atoms. The number of nitrogens with zero attached hydrogens (tertiary/aromatic N) is 2. The fourth-order valence-electron chi connectivity index (χ4n) is 3.02. The zero-order valence-electron chi connectivity index (χ0n) is 15.2. The van der Waals surface area contributed by atoms with Gasteiger partial charge >= 0.3 is 0 Å². The van der Waals surface area contributed by atoms with Gasteiger partial charge in [0.25, 0.3) is 5.91 Å².